The van der Waals surface area contributed by atoms with Crippen molar-refractivity contribution in [3.05, 3.63) is 11.8 Å². The molecule has 0 aliphatic heterocycles. The largest absolute Gasteiger partial charge is 0.394 e. The summed E-state index contributed by atoms with van der Waals surface area (Å²) in [5.41, 5.74) is 4.94. The molecule has 0 aliphatic carbocycles. The number of hydrogen-bond donors (Lipinski definition) is 3. The fourth-order valence-electron chi connectivity index (χ4n) is 1.23. The number of amides is 2. The van der Waals surface area contributed by atoms with Crippen LogP contribution in [-0.4, -0.2) is 62.8 Å². The second kappa shape index (κ2) is 13.0. The summed E-state index contributed by atoms with van der Waals surface area (Å²) in [6.45, 7) is 1.91. The van der Waals surface area contributed by atoms with Crippen LogP contribution in [0.4, 0.5) is 0 Å². The zero-order chi connectivity index (χ0) is 15.3. The lowest BCUT2D eigenvalue weighted by atomic mass is 10.2. The standard InChI is InChI=1S/C11H20N2O4.CH5N/c1-9(11(16)12-2)6-13(8-15)5-4-10(7-14)17-3;1-2/h6,8,10,14H,4-5,7H2,1-3H3,(H,12,16);2H2,1H3/b9-6-;. The summed E-state index contributed by atoms with van der Waals surface area (Å²) in [6, 6.07) is 0. The Bertz CT molecular complexity index is 278. The predicted octanol–water partition coefficient (Wildman–Crippen LogP) is -0.933. The first-order valence-electron chi connectivity index (χ1n) is 5.92. The molecule has 4 N–H and O–H groups in total. The van der Waals surface area contributed by atoms with Gasteiger partial charge in [-0.05, 0) is 20.4 Å². The molecule has 0 aromatic rings. The molecular formula is C12H25N3O4. The Hall–Kier alpha value is -1.44. The van der Waals surface area contributed by atoms with E-state index in [-0.39, 0.29) is 18.6 Å². The summed E-state index contributed by atoms with van der Waals surface area (Å²) in [7, 11) is 4.52. The number of ether oxygens (including phenoxy) is 1. The number of aliphatic hydroxyl groups is 1. The topological polar surface area (TPSA) is 105 Å². The molecule has 0 spiro atoms. The van der Waals surface area contributed by atoms with Crippen LogP contribution in [0.3, 0.4) is 0 Å². The number of aliphatic hydroxyl groups excluding tert-OH is 1. The molecule has 0 bridgehead atoms. The minimum absolute atomic E-state index is 0.0959. The fourth-order valence-corrected chi connectivity index (χ4v) is 1.23. The molecular weight excluding hydrogens is 250 g/mol. The second-order valence-corrected chi connectivity index (χ2v) is 3.56. The van der Waals surface area contributed by atoms with Gasteiger partial charge in [-0.1, -0.05) is 0 Å². The Morgan fingerprint density at radius 1 is 1.53 bits per heavy atom. The van der Waals surface area contributed by atoms with Gasteiger partial charge in [-0.15, -0.1) is 0 Å². The molecule has 19 heavy (non-hydrogen) atoms. The molecule has 1 atom stereocenters. The minimum atomic E-state index is -0.300. The van der Waals surface area contributed by atoms with Gasteiger partial charge in [0.2, 0.25) is 12.3 Å². The van der Waals surface area contributed by atoms with E-state index in [1.807, 2.05) is 0 Å². The van der Waals surface area contributed by atoms with E-state index in [1.54, 1.807) is 6.92 Å². The third kappa shape index (κ3) is 9.18. The van der Waals surface area contributed by atoms with Crippen LogP contribution in [0, 0.1) is 0 Å². The van der Waals surface area contributed by atoms with E-state index < -0.39 is 0 Å². The molecule has 0 aliphatic rings. The van der Waals surface area contributed by atoms with E-state index in [0.717, 1.165) is 0 Å². The van der Waals surface area contributed by atoms with Gasteiger partial charge in [0.1, 0.15) is 0 Å². The lowest BCUT2D eigenvalue weighted by Crippen LogP contribution is -2.26. The van der Waals surface area contributed by atoms with Gasteiger partial charge in [0.15, 0.2) is 0 Å². The number of nitrogens with one attached hydrogen (secondary N) is 1. The van der Waals surface area contributed by atoms with Gasteiger partial charge < -0.3 is 25.8 Å². The van der Waals surface area contributed by atoms with Gasteiger partial charge >= 0.3 is 0 Å². The number of nitrogens with zero attached hydrogens (tertiary/aromatic N) is 1. The van der Waals surface area contributed by atoms with E-state index in [0.29, 0.717) is 24.9 Å². The number of rotatable bonds is 8. The van der Waals surface area contributed by atoms with Crippen LogP contribution in [0.1, 0.15) is 13.3 Å². The molecule has 7 heteroatoms. The highest BCUT2D eigenvalue weighted by atomic mass is 16.5. The van der Waals surface area contributed by atoms with Crippen molar-refractivity contribution in [1.29, 1.82) is 0 Å². The number of likely N-dealkylation sites (N-methyl/N-ethyl adjacent to an activating group) is 1. The number of nitrogens with two attached hydrogens (primary N) is 1. The molecule has 0 aromatic carbocycles. The molecule has 0 rings (SSSR count). The molecule has 0 saturated heterocycles. The van der Waals surface area contributed by atoms with Gasteiger partial charge in [-0.25, -0.2) is 0 Å². The molecule has 0 saturated carbocycles. The van der Waals surface area contributed by atoms with Crippen LogP contribution in [0.2, 0.25) is 0 Å². The van der Waals surface area contributed by atoms with Gasteiger partial charge in [-0.3, -0.25) is 9.59 Å². The Labute approximate surface area is 114 Å². The average molecular weight is 275 g/mol. The van der Waals surface area contributed by atoms with Crippen molar-refractivity contribution in [3.63, 3.8) is 0 Å². The summed E-state index contributed by atoms with van der Waals surface area (Å²) in [6.07, 6.45) is 2.31. The lowest BCUT2D eigenvalue weighted by molar-refractivity contribution is -0.117. The zero-order valence-electron chi connectivity index (χ0n) is 12.0. The number of hydrogen-bond acceptors (Lipinski definition) is 5. The lowest BCUT2D eigenvalue weighted by Gasteiger charge is -2.17. The van der Waals surface area contributed by atoms with Crippen LogP contribution >= 0.6 is 0 Å². The summed E-state index contributed by atoms with van der Waals surface area (Å²) in [5, 5.41) is 11.4. The maximum atomic E-state index is 11.2. The van der Waals surface area contributed by atoms with E-state index in [4.69, 9.17) is 9.84 Å². The van der Waals surface area contributed by atoms with E-state index in [1.165, 1.54) is 32.3 Å². The number of carbonyl (C=O) groups excluding carboxylic acids is 2. The van der Waals surface area contributed by atoms with E-state index in [9.17, 15) is 9.59 Å². The van der Waals surface area contributed by atoms with Crippen LogP contribution in [0.5, 0.6) is 0 Å². The van der Waals surface area contributed by atoms with Gasteiger partial charge in [0, 0.05) is 32.5 Å². The third-order valence-corrected chi connectivity index (χ3v) is 2.33. The Morgan fingerprint density at radius 2 is 2.11 bits per heavy atom. The van der Waals surface area contributed by atoms with Crippen LogP contribution in [0.15, 0.2) is 11.8 Å². The van der Waals surface area contributed by atoms with E-state index in [2.05, 4.69) is 11.1 Å². The van der Waals surface area contributed by atoms with Crippen molar-refractivity contribution in [1.82, 2.24) is 10.2 Å². The molecule has 2 amide bonds. The summed E-state index contributed by atoms with van der Waals surface area (Å²) in [5.74, 6) is -0.234. The molecule has 7 nitrogen and oxygen atoms in total. The average Bonchev–Trinajstić information content (AvgIpc) is 2.47. The molecule has 112 valence electrons. The molecule has 0 heterocycles. The molecule has 1 unspecified atom stereocenters. The Balaban J connectivity index is 0. The first-order chi connectivity index (χ1) is 9.08. The highest BCUT2D eigenvalue weighted by molar-refractivity contribution is 5.92. The van der Waals surface area contributed by atoms with Crippen molar-refractivity contribution >= 4 is 12.3 Å². The summed E-state index contributed by atoms with van der Waals surface area (Å²) in [4.78, 5) is 23.4. The molecule has 0 radical (unpaired) electrons. The zero-order valence-corrected chi connectivity index (χ0v) is 12.0. The smallest absolute Gasteiger partial charge is 0.248 e. The quantitative estimate of drug-likeness (QED) is 0.392. The highest BCUT2D eigenvalue weighted by Gasteiger charge is 2.09. The maximum Gasteiger partial charge on any atom is 0.248 e. The predicted molar refractivity (Wildman–Crippen MR) is 73.2 cm³/mol. The second-order valence-electron chi connectivity index (χ2n) is 3.56. The third-order valence-electron chi connectivity index (χ3n) is 2.33. The van der Waals surface area contributed by atoms with Crippen LogP contribution in [-0.2, 0) is 14.3 Å². The minimum Gasteiger partial charge on any atom is -0.394 e. The van der Waals surface area contributed by atoms with Gasteiger partial charge in [0.05, 0.1) is 12.7 Å². The fraction of sp³-hybridized carbons (Fsp3) is 0.667. The Kier molecular flexibility index (Phi) is 13.6. The Morgan fingerprint density at radius 3 is 2.47 bits per heavy atom. The molecule has 0 fully saturated rings. The van der Waals surface area contributed by atoms with Crippen molar-refractivity contribution in [3.8, 4) is 0 Å². The normalized spacial score (nSPS) is 12.0. The summed E-state index contributed by atoms with van der Waals surface area (Å²) < 4.78 is 4.98. The van der Waals surface area contributed by atoms with Crippen molar-refractivity contribution in [2.75, 3.05) is 34.4 Å². The highest BCUT2D eigenvalue weighted by Crippen LogP contribution is 2.01. The van der Waals surface area contributed by atoms with Crippen molar-refractivity contribution in [2.24, 2.45) is 5.73 Å². The van der Waals surface area contributed by atoms with Gasteiger partial charge in [-0.2, -0.15) is 0 Å². The maximum absolute atomic E-state index is 11.2. The van der Waals surface area contributed by atoms with Gasteiger partial charge in [0.25, 0.3) is 0 Å². The van der Waals surface area contributed by atoms with Crippen molar-refractivity contribution < 1.29 is 19.4 Å². The summed E-state index contributed by atoms with van der Waals surface area (Å²) >= 11 is 0. The number of carbonyl (C=O) groups is 2. The van der Waals surface area contributed by atoms with Crippen LogP contribution in [0.25, 0.3) is 0 Å². The SMILES string of the molecule is CN.CNC(=O)/C(C)=C\N(C=O)CCC(CO)OC. The number of methoxy groups -OCH3 is 1. The van der Waals surface area contributed by atoms with E-state index >= 15 is 0 Å². The molecule has 0 aromatic heterocycles. The monoisotopic (exact) mass is 275 g/mol. The first kappa shape index (κ1) is 19.9. The van der Waals surface area contributed by atoms with Crippen molar-refractivity contribution in [2.45, 2.75) is 19.4 Å². The van der Waals surface area contributed by atoms with Crippen LogP contribution < -0.4 is 11.1 Å². The first-order valence-corrected chi connectivity index (χ1v) is 5.92.